The molecule has 1 aromatic rings. The first kappa shape index (κ1) is 14.5. The van der Waals surface area contributed by atoms with Gasteiger partial charge in [-0.25, -0.2) is 0 Å². The molecule has 114 valence electrons. The molecule has 3 rings (SSSR count). The maximum Gasteiger partial charge on any atom is 0.259 e. The van der Waals surface area contributed by atoms with Gasteiger partial charge in [0.15, 0.2) is 5.60 Å². The summed E-state index contributed by atoms with van der Waals surface area (Å²) in [5.74, 6) is -0.0654. The second-order valence-corrected chi connectivity index (χ2v) is 6.16. The van der Waals surface area contributed by atoms with Crippen molar-refractivity contribution in [2.24, 2.45) is 5.92 Å². The topological polar surface area (TPSA) is 52.6 Å². The van der Waals surface area contributed by atoms with Crippen LogP contribution in [0.4, 0.5) is 0 Å². The van der Waals surface area contributed by atoms with Crippen LogP contribution in [0.5, 0.6) is 0 Å². The standard InChI is InChI=1S/C17H24N2O2/c20-16(19-12-10-18-11-13-19)17(21,15-8-4-5-9-15)14-6-2-1-3-7-14/h1-3,6-7,15,18,21H,4-5,8-13H2. The summed E-state index contributed by atoms with van der Waals surface area (Å²) in [7, 11) is 0. The van der Waals surface area contributed by atoms with Crippen LogP contribution in [0.25, 0.3) is 0 Å². The van der Waals surface area contributed by atoms with E-state index >= 15 is 0 Å². The van der Waals surface area contributed by atoms with Crippen LogP contribution >= 0.6 is 0 Å². The number of carbonyl (C=O) groups is 1. The normalized spacial score (nSPS) is 23.0. The molecule has 0 aromatic heterocycles. The lowest BCUT2D eigenvalue weighted by atomic mass is 9.79. The molecular weight excluding hydrogens is 264 g/mol. The molecule has 1 aromatic carbocycles. The van der Waals surface area contributed by atoms with Crippen LogP contribution in [0, 0.1) is 5.92 Å². The van der Waals surface area contributed by atoms with Gasteiger partial charge in [0.2, 0.25) is 0 Å². The summed E-state index contributed by atoms with van der Waals surface area (Å²) in [5, 5.41) is 14.6. The summed E-state index contributed by atoms with van der Waals surface area (Å²) in [6.45, 7) is 2.98. The van der Waals surface area contributed by atoms with Crippen LogP contribution in [-0.4, -0.2) is 42.1 Å². The molecular formula is C17H24N2O2. The van der Waals surface area contributed by atoms with Crippen molar-refractivity contribution in [2.75, 3.05) is 26.2 Å². The molecule has 2 aliphatic rings. The Bertz CT molecular complexity index is 479. The van der Waals surface area contributed by atoms with Gasteiger partial charge in [-0.05, 0) is 18.4 Å². The Labute approximate surface area is 126 Å². The van der Waals surface area contributed by atoms with Crippen LogP contribution in [-0.2, 0) is 10.4 Å². The highest BCUT2D eigenvalue weighted by atomic mass is 16.3. The van der Waals surface area contributed by atoms with E-state index < -0.39 is 5.60 Å². The number of benzene rings is 1. The van der Waals surface area contributed by atoms with Crippen molar-refractivity contribution in [3.63, 3.8) is 0 Å². The summed E-state index contributed by atoms with van der Waals surface area (Å²) in [4.78, 5) is 14.9. The number of hydrogen-bond acceptors (Lipinski definition) is 3. The Kier molecular flexibility index (Phi) is 4.27. The second kappa shape index (κ2) is 6.16. The molecule has 0 spiro atoms. The van der Waals surface area contributed by atoms with Gasteiger partial charge >= 0.3 is 0 Å². The fourth-order valence-electron chi connectivity index (χ4n) is 3.68. The highest BCUT2D eigenvalue weighted by Crippen LogP contribution is 2.41. The molecule has 1 saturated heterocycles. The minimum Gasteiger partial charge on any atom is -0.375 e. The summed E-state index contributed by atoms with van der Waals surface area (Å²) in [5.41, 5.74) is -0.602. The summed E-state index contributed by atoms with van der Waals surface area (Å²) in [6.07, 6.45) is 4.08. The molecule has 1 atom stereocenters. The van der Waals surface area contributed by atoms with Gasteiger partial charge in [0.1, 0.15) is 0 Å². The summed E-state index contributed by atoms with van der Waals surface area (Å²) in [6, 6.07) is 9.51. The molecule has 1 unspecified atom stereocenters. The number of carbonyl (C=O) groups excluding carboxylic acids is 1. The average molecular weight is 288 g/mol. The van der Waals surface area contributed by atoms with Gasteiger partial charge < -0.3 is 15.3 Å². The van der Waals surface area contributed by atoms with E-state index in [9.17, 15) is 9.90 Å². The van der Waals surface area contributed by atoms with Crippen LogP contribution in [0.1, 0.15) is 31.2 Å². The maximum absolute atomic E-state index is 13.1. The lowest BCUT2D eigenvalue weighted by Crippen LogP contribution is -2.55. The minimum atomic E-state index is -1.35. The average Bonchev–Trinajstić information content (AvgIpc) is 3.10. The number of nitrogens with zero attached hydrogens (tertiary/aromatic N) is 1. The Morgan fingerprint density at radius 3 is 2.38 bits per heavy atom. The Hall–Kier alpha value is -1.39. The Morgan fingerprint density at radius 2 is 1.76 bits per heavy atom. The van der Waals surface area contributed by atoms with Crippen molar-refractivity contribution in [3.05, 3.63) is 35.9 Å². The molecule has 21 heavy (non-hydrogen) atoms. The molecule has 1 aliphatic heterocycles. The van der Waals surface area contributed by atoms with E-state index in [4.69, 9.17) is 0 Å². The second-order valence-electron chi connectivity index (χ2n) is 6.16. The monoisotopic (exact) mass is 288 g/mol. The third-order valence-corrected chi connectivity index (χ3v) is 4.89. The zero-order valence-corrected chi connectivity index (χ0v) is 12.4. The molecule has 4 nitrogen and oxygen atoms in total. The molecule has 1 saturated carbocycles. The van der Waals surface area contributed by atoms with Crippen molar-refractivity contribution in [1.82, 2.24) is 10.2 Å². The lowest BCUT2D eigenvalue weighted by Gasteiger charge is -2.39. The van der Waals surface area contributed by atoms with Crippen molar-refractivity contribution < 1.29 is 9.90 Å². The van der Waals surface area contributed by atoms with E-state index in [2.05, 4.69) is 5.32 Å². The number of amides is 1. The van der Waals surface area contributed by atoms with Crippen LogP contribution in [0.3, 0.4) is 0 Å². The molecule has 2 fully saturated rings. The van der Waals surface area contributed by atoms with E-state index in [0.29, 0.717) is 13.1 Å². The zero-order chi connectivity index (χ0) is 14.7. The molecule has 4 heteroatoms. The quantitative estimate of drug-likeness (QED) is 0.886. The lowest BCUT2D eigenvalue weighted by molar-refractivity contribution is -0.160. The molecule has 1 aliphatic carbocycles. The van der Waals surface area contributed by atoms with E-state index in [0.717, 1.165) is 44.3 Å². The summed E-state index contributed by atoms with van der Waals surface area (Å²) < 4.78 is 0. The van der Waals surface area contributed by atoms with Gasteiger partial charge in [-0.3, -0.25) is 4.79 Å². The first-order valence-electron chi connectivity index (χ1n) is 8.01. The largest absolute Gasteiger partial charge is 0.375 e. The van der Waals surface area contributed by atoms with Crippen molar-refractivity contribution in [1.29, 1.82) is 0 Å². The number of hydrogen-bond donors (Lipinski definition) is 2. The van der Waals surface area contributed by atoms with E-state index in [-0.39, 0.29) is 11.8 Å². The zero-order valence-electron chi connectivity index (χ0n) is 12.4. The van der Waals surface area contributed by atoms with Gasteiger partial charge in [0.05, 0.1) is 0 Å². The van der Waals surface area contributed by atoms with E-state index in [1.807, 2.05) is 35.2 Å². The Balaban J connectivity index is 1.93. The maximum atomic E-state index is 13.1. The van der Waals surface area contributed by atoms with Gasteiger partial charge in [-0.2, -0.15) is 0 Å². The smallest absolute Gasteiger partial charge is 0.259 e. The highest BCUT2D eigenvalue weighted by molar-refractivity contribution is 5.87. The number of rotatable bonds is 3. The van der Waals surface area contributed by atoms with Crippen molar-refractivity contribution >= 4 is 5.91 Å². The van der Waals surface area contributed by atoms with Crippen LogP contribution < -0.4 is 5.32 Å². The fourth-order valence-corrected chi connectivity index (χ4v) is 3.68. The van der Waals surface area contributed by atoms with Gasteiger partial charge in [-0.1, -0.05) is 43.2 Å². The van der Waals surface area contributed by atoms with Crippen molar-refractivity contribution in [3.8, 4) is 0 Å². The fraction of sp³-hybridized carbons (Fsp3) is 0.588. The minimum absolute atomic E-state index is 0.0438. The number of nitrogens with one attached hydrogen (secondary N) is 1. The highest BCUT2D eigenvalue weighted by Gasteiger charge is 2.48. The number of aliphatic hydroxyl groups is 1. The third-order valence-electron chi connectivity index (χ3n) is 4.89. The number of piperazine rings is 1. The van der Waals surface area contributed by atoms with Crippen LogP contribution in [0.2, 0.25) is 0 Å². The molecule has 2 N–H and O–H groups in total. The SMILES string of the molecule is O=C(N1CCNCC1)C(O)(c1ccccc1)C1CCCC1. The van der Waals surface area contributed by atoms with E-state index in [1.165, 1.54) is 0 Å². The molecule has 1 amide bonds. The molecule has 1 heterocycles. The first-order valence-corrected chi connectivity index (χ1v) is 8.01. The molecule has 0 bridgehead atoms. The van der Waals surface area contributed by atoms with Crippen LogP contribution in [0.15, 0.2) is 30.3 Å². The first-order chi connectivity index (χ1) is 10.2. The van der Waals surface area contributed by atoms with Gasteiger partial charge in [0, 0.05) is 32.1 Å². The van der Waals surface area contributed by atoms with Gasteiger partial charge in [0.25, 0.3) is 5.91 Å². The van der Waals surface area contributed by atoms with Gasteiger partial charge in [-0.15, -0.1) is 0 Å². The third kappa shape index (κ3) is 2.70. The van der Waals surface area contributed by atoms with E-state index in [1.54, 1.807) is 0 Å². The predicted octanol–water partition coefficient (Wildman–Crippen LogP) is 1.50. The molecule has 0 radical (unpaired) electrons. The predicted molar refractivity (Wildman–Crippen MR) is 81.7 cm³/mol. The summed E-state index contributed by atoms with van der Waals surface area (Å²) >= 11 is 0. The Morgan fingerprint density at radius 1 is 1.14 bits per heavy atom. The van der Waals surface area contributed by atoms with Crippen molar-refractivity contribution in [2.45, 2.75) is 31.3 Å².